The van der Waals surface area contributed by atoms with Crippen LogP contribution in [0, 0.1) is 0 Å². The fourth-order valence-electron chi connectivity index (χ4n) is 2.96. The summed E-state index contributed by atoms with van der Waals surface area (Å²) < 4.78 is 7.04. The molecule has 2 N–H and O–H groups in total. The lowest BCUT2D eigenvalue weighted by molar-refractivity contribution is 0.0796. The fourth-order valence-corrected chi connectivity index (χ4v) is 2.96. The number of amides is 1. The molecule has 2 aromatic carbocycles. The summed E-state index contributed by atoms with van der Waals surface area (Å²) in [6, 6.07) is 17.7. The summed E-state index contributed by atoms with van der Waals surface area (Å²) in [7, 11) is 3.41. The summed E-state index contributed by atoms with van der Waals surface area (Å²) in [5, 5.41) is 4.60. The average Bonchev–Trinajstić information content (AvgIpc) is 3.19. The molecule has 0 unspecified atom stereocenters. The fraction of sp³-hybridized carbons (Fsp3) is 0.273. The Hall–Kier alpha value is -3.12. The smallest absolute Gasteiger partial charge is 0.274 e. The van der Waals surface area contributed by atoms with Crippen molar-refractivity contribution in [2.75, 3.05) is 27.2 Å². The van der Waals surface area contributed by atoms with E-state index in [0.29, 0.717) is 18.8 Å². The minimum absolute atomic E-state index is 0.101. The summed E-state index contributed by atoms with van der Waals surface area (Å²) in [4.78, 5) is 14.3. The third-order valence-electron chi connectivity index (χ3n) is 4.75. The second-order valence-corrected chi connectivity index (χ2v) is 6.58. The first-order chi connectivity index (χ1) is 13.6. The van der Waals surface area contributed by atoms with E-state index in [1.807, 2.05) is 49.4 Å². The first-order valence-electron chi connectivity index (χ1n) is 9.36. The molecular weight excluding hydrogens is 352 g/mol. The van der Waals surface area contributed by atoms with Crippen LogP contribution in [-0.2, 0) is 6.42 Å². The average molecular weight is 378 g/mol. The van der Waals surface area contributed by atoms with Crippen LogP contribution in [0.1, 0.15) is 23.0 Å². The van der Waals surface area contributed by atoms with Crippen LogP contribution >= 0.6 is 0 Å². The molecule has 0 aliphatic carbocycles. The van der Waals surface area contributed by atoms with E-state index in [9.17, 15) is 4.79 Å². The van der Waals surface area contributed by atoms with Gasteiger partial charge in [0.15, 0.2) is 5.69 Å². The Bertz CT molecular complexity index is 930. The van der Waals surface area contributed by atoms with Crippen molar-refractivity contribution in [3.63, 3.8) is 0 Å². The molecular formula is C22H26N4O2. The predicted octanol–water partition coefficient (Wildman–Crippen LogP) is 3.14. The molecule has 0 fully saturated rings. The van der Waals surface area contributed by atoms with Gasteiger partial charge in [-0.05, 0) is 55.8 Å². The van der Waals surface area contributed by atoms with Gasteiger partial charge in [0.1, 0.15) is 5.75 Å². The molecule has 3 rings (SSSR count). The first-order valence-corrected chi connectivity index (χ1v) is 9.36. The Labute approximate surface area is 165 Å². The van der Waals surface area contributed by atoms with Gasteiger partial charge in [-0.15, -0.1) is 0 Å². The highest BCUT2D eigenvalue weighted by Gasteiger charge is 2.19. The topological polar surface area (TPSA) is 73.4 Å². The number of methoxy groups -OCH3 is 1. The maximum atomic E-state index is 12.7. The third kappa shape index (κ3) is 4.07. The predicted molar refractivity (Wildman–Crippen MR) is 111 cm³/mol. The van der Waals surface area contributed by atoms with Crippen LogP contribution in [0.15, 0.2) is 54.6 Å². The van der Waals surface area contributed by atoms with Crippen molar-refractivity contribution in [2.24, 2.45) is 5.73 Å². The Morgan fingerprint density at radius 3 is 2.39 bits per heavy atom. The van der Waals surface area contributed by atoms with Crippen molar-refractivity contribution >= 4 is 5.91 Å². The molecule has 0 spiro atoms. The standard InChI is InChI=1S/C22H26N4O2/c1-4-25(2)22(27)20-15-21(17-7-5-16(6-8-17)13-14-23)26(24-20)18-9-11-19(28-3)12-10-18/h5-12,15H,4,13-14,23H2,1-3H3. The Morgan fingerprint density at radius 2 is 1.82 bits per heavy atom. The quantitative estimate of drug-likeness (QED) is 0.685. The molecule has 6 nitrogen and oxygen atoms in total. The summed E-state index contributed by atoms with van der Waals surface area (Å²) >= 11 is 0. The van der Waals surface area contributed by atoms with E-state index in [0.717, 1.165) is 29.1 Å². The van der Waals surface area contributed by atoms with Crippen molar-refractivity contribution in [3.05, 3.63) is 65.9 Å². The van der Waals surface area contributed by atoms with Gasteiger partial charge in [0.2, 0.25) is 0 Å². The molecule has 0 atom stereocenters. The van der Waals surface area contributed by atoms with E-state index < -0.39 is 0 Å². The van der Waals surface area contributed by atoms with Crippen LogP contribution in [0.25, 0.3) is 16.9 Å². The van der Waals surface area contributed by atoms with Crippen LogP contribution in [0.4, 0.5) is 0 Å². The number of benzene rings is 2. The maximum Gasteiger partial charge on any atom is 0.274 e. The molecule has 1 heterocycles. The van der Waals surface area contributed by atoms with Gasteiger partial charge >= 0.3 is 0 Å². The number of rotatable bonds is 7. The number of nitrogens with zero attached hydrogens (tertiary/aromatic N) is 3. The number of aromatic nitrogens is 2. The molecule has 6 heteroatoms. The number of carbonyl (C=O) groups excluding carboxylic acids is 1. The molecule has 0 aliphatic heterocycles. The van der Waals surface area contributed by atoms with Gasteiger partial charge in [-0.2, -0.15) is 5.10 Å². The molecule has 0 aliphatic rings. The monoisotopic (exact) mass is 378 g/mol. The SMILES string of the molecule is CCN(C)C(=O)c1cc(-c2ccc(CCN)cc2)n(-c2ccc(OC)cc2)n1. The van der Waals surface area contributed by atoms with Crippen LogP contribution < -0.4 is 10.5 Å². The lowest BCUT2D eigenvalue weighted by Crippen LogP contribution is -2.26. The minimum atomic E-state index is -0.101. The zero-order valence-corrected chi connectivity index (χ0v) is 16.6. The van der Waals surface area contributed by atoms with Crippen LogP contribution in [0.5, 0.6) is 5.75 Å². The van der Waals surface area contributed by atoms with Gasteiger partial charge in [0, 0.05) is 19.2 Å². The van der Waals surface area contributed by atoms with Crippen LogP contribution in [0.3, 0.4) is 0 Å². The van der Waals surface area contributed by atoms with Crippen molar-refractivity contribution in [3.8, 4) is 22.7 Å². The number of carbonyl (C=O) groups is 1. The van der Waals surface area contributed by atoms with Gasteiger partial charge in [0.05, 0.1) is 18.5 Å². The molecule has 0 radical (unpaired) electrons. The van der Waals surface area contributed by atoms with E-state index in [2.05, 4.69) is 17.2 Å². The number of nitrogens with two attached hydrogens (primary N) is 1. The molecule has 146 valence electrons. The molecule has 1 aromatic heterocycles. The summed E-state index contributed by atoms with van der Waals surface area (Å²) in [5.41, 5.74) is 9.95. The Kier molecular flexibility index (Phi) is 6.11. The van der Waals surface area contributed by atoms with Crippen LogP contribution in [-0.4, -0.2) is 47.8 Å². The number of ether oxygens (including phenoxy) is 1. The first kappa shape index (κ1) is 19.6. The van der Waals surface area contributed by atoms with E-state index in [-0.39, 0.29) is 5.91 Å². The van der Waals surface area contributed by atoms with E-state index in [4.69, 9.17) is 10.5 Å². The number of hydrogen-bond acceptors (Lipinski definition) is 4. The van der Waals surface area contributed by atoms with Crippen LogP contribution in [0.2, 0.25) is 0 Å². The van der Waals surface area contributed by atoms with Crippen molar-refractivity contribution in [1.29, 1.82) is 0 Å². The zero-order valence-electron chi connectivity index (χ0n) is 16.6. The highest BCUT2D eigenvalue weighted by atomic mass is 16.5. The van der Waals surface area contributed by atoms with Crippen molar-refractivity contribution < 1.29 is 9.53 Å². The van der Waals surface area contributed by atoms with Crippen molar-refractivity contribution in [1.82, 2.24) is 14.7 Å². The third-order valence-corrected chi connectivity index (χ3v) is 4.75. The molecule has 3 aromatic rings. The molecule has 0 saturated heterocycles. The second-order valence-electron chi connectivity index (χ2n) is 6.58. The largest absolute Gasteiger partial charge is 0.497 e. The van der Waals surface area contributed by atoms with Gasteiger partial charge in [-0.3, -0.25) is 4.79 Å². The molecule has 28 heavy (non-hydrogen) atoms. The summed E-state index contributed by atoms with van der Waals surface area (Å²) in [5.74, 6) is 0.668. The lowest BCUT2D eigenvalue weighted by Gasteiger charge is -2.12. The normalized spacial score (nSPS) is 10.7. The van der Waals surface area contributed by atoms with Gasteiger partial charge < -0.3 is 15.4 Å². The Morgan fingerprint density at radius 1 is 1.14 bits per heavy atom. The van der Waals surface area contributed by atoms with E-state index in [1.165, 1.54) is 5.56 Å². The molecule has 0 saturated carbocycles. The minimum Gasteiger partial charge on any atom is -0.497 e. The van der Waals surface area contributed by atoms with E-state index in [1.54, 1.807) is 23.7 Å². The summed E-state index contributed by atoms with van der Waals surface area (Å²) in [6.45, 7) is 3.18. The molecule has 1 amide bonds. The Balaban J connectivity index is 2.07. The van der Waals surface area contributed by atoms with Gasteiger partial charge in [0.25, 0.3) is 5.91 Å². The zero-order chi connectivity index (χ0) is 20.1. The summed E-state index contributed by atoms with van der Waals surface area (Å²) in [6.07, 6.45) is 0.836. The highest BCUT2D eigenvalue weighted by molar-refractivity contribution is 5.93. The van der Waals surface area contributed by atoms with E-state index >= 15 is 0 Å². The van der Waals surface area contributed by atoms with Crippen molar-refractivity contribution in [2.45, 2.75) is 13.3 Å². The highest BCUT2D eigenvalue weighted by Crippen LogP contribution is 2.26. The number of hydrogen-bond donors (Lipinski definition) is 1. The second kappa shape index (κ2) is 8.71. The molecule has 0 bridgehead atoms. The maximum absolute atomic E-state index is 12.7. The van der Waals surface area contributed by atoms with Gasteiger partial charge in [-0.25, -0.2) is 4.68 Å². The van der Waals surface area contributed by atoms with Gasteiger partial charge in [-0.1, -0.05) is 24.3 Å². The lowest BCUT2D eigenvalue weighted by atomic mass is 10.1.